The zero-order chi connectivity index (χ0) is 20.6. The molecular formula is C19H11F4N5O. The number of hydrogen-bond acceptors (Lipinski definition) is 5. The predicted octanol–water partition coefficient (Wildman–Crippen LogP) is 3.77. The first-order chi connectivity index (χ1) is 13.8. The van der Waals surface area contributed by atoms with Crippen molar-refractivity contribution in [1.82, 2.24) is 24.8 Å². The van der Waals surface area contributed by atoms with Crippen LogP contribution < -0.4 is 0 Å². The zero-order valence-corrected chi connectivity index (χ0v) is 14.6. The van der Waals surface area contributed by atoms with E-state index in [1.807, 2.05) is 0 Å². The fraction of sp³-hybridized carbons (Fsp3) is 0.105. The molecule has 0 saturated carbocycles. The molecule has 4 aromatic rings. The summed E-state index contributed by atoms with van der Waals surface area (Å²) in [6.07, 6.45) is -4.96. The van der Waals surface area contributed by atoms with Crippen LogP contribution in [-0.2, 0) is 12.6 Å². The van der Waals surface area contributed by atoms with Gasteiger partial charge in [-0.15, -0.1) is 10.2 Å². The summed E-state index contributed by atoms with van der Waals surface area (Å²) >= 11 is 0. The van der Waals surface area contributed by atoms with E-state index in [1.54, 1.807) is 6.07 Å². The lowest BCUT2D eigenvalue weighted by atomic mass is 10.1. The molecule has 0 atom stereocenters. The molecule has 0 bridgehead atoms. The van der Waals surface area contributed by atoms with Gasteiger partial charge in [0.15, 0.2) is 17.3 Å². The van der Waals surface area contributed by atoms with Crippen LogP contribution in [0.25, 0.3) is 17.0 Å². The van der Waals surface area contributed by atoms with Gasteiger partial charge in [-0.1, -0.05) is 18.2 Å². The smallest absolute Gasteiger partial charge is 0.292 e. The van der Waals surface area contributed by atoms with Crippen molar-refractivity contribution in [3.8, 4) is 11.4 Å². The normalized spacial score (nSPS) is 11.7. The van der Waals surface area contributed by atoms with Crippen molar-refractivity contribution in [1.29, 1.82) is 0 Å². The second-order valence-corrected chi connectivity index (χ2v) is 6.13. The van der Waals surface area contributed by atoms with Crippen LogP contribution in [0.15, 0.2) is 54.6 Å². The highest BCUT2D eigenvalue weighted by molar-refractivity contribution is 5.95. The van der Waals surface area contributed by atoms with E-state index in [1.165, 1.54) is 47.0 Å². The summed E-state index contributed by atoms with van der Waals surface area (Å²) in [6, 6.07) is 11.9. The van der Waals surface area contributed by atoms with Gasteiger partial charge in [-0.05, 0) is 36.4 Å². The number of halogens is 4. The minimum absolute atomic E-state index is 0.00540. The van der Waals surface area contributed by atoms with E-state index < -0.39 is 23.5 Å². The Balaban J connectivity index is 1.66. The van der Waals surface area contributed by atoms with Crippen molar-refractivity contribution >= 4 is 11.4 Å². The summed E-state index contributed by atoms with van der Waals surface area (Å²) in [4.78, 5) is 16.0. The maximum absolute atomic E-state index is 13.5. The molecule has 29 heavy (non-hydrogen) atoms. The topological polar surface area (TPSA) is 73.0 Å². The van der Waals surface area contributed by atoms with Gasteiger partial charge in [0.25, 0.3) is 0 Å². The van der Waals surface area contributed by atoms with Gasteiger partial charge in [0.05, 0.1) is 6.42 Å². The molecular weight excluding hydrogens is 390 g/mol. The summed E-state index contributed by atoms with van der Waals surface area (Å²) in [5.41, 5.74) is -0.361. The molecule has 0 radical (unpaired) electrons. The van der Waals surface area contributed by atoms with Crippen LogP contribution in [0.5, 0.6) is 0 Å². The number of hydrogen-bond donors (Lipinski definition) is 0. The molecule has 0 spiro atoms. The number of rotatable bonds is 4. The van der Waals surface area contributed by atoms with Crippen molar-refractivity contribution < 1.29 is 22.4 Å². The lowest BCUT2D eigenvalue weighted by Crippen LogP contribution is -2.13. The molecule has 0 unspecified atom stereocenters. The Morgan fingerprint density at radius 1 is 1.00 bits per heavy atom. The van der Waals surface area contributed by atoms with Crippen LogP contribution in [0.1, 0.15) is 21.9 Å². The molecule has 0 amide bonds. The number of nitrogens with zero attached hydrogens (tertiary/aromatic N) is 5. The highest BCUT2D eigenvalue weighted by atomic mass is 19.4. The fourth-order valence-corrected chi connectivity index (χ4v) is 2.74. The Hall–Kier alpha value is -3.69. The number of carbonyl (C=O) groups is 1. The van der Waals surface area contributed by atoms with E-state index >= 15 is 0 Å². The van der Waals surface area contributed by atoms with Gasteiger partial charge in [0.1, 0.15) is 17.2 Å². The second-order valence-electron chi connectivity index (χ2n) is 6.13. The van der Waals surface area contributed by atoms with E-state index in [-0.39, 0.29) is 23.6 Å². The number of pyridine rings is 1. The fourth-order valence-electron chi connectivity index (χ4n) is 2.74. The van der Waals surface area contributed by atoms with Gasteiger partial charge in [-0.25, -0.2) is 9.37 Å². The lowest BCUT2D eigenvalue weighted by molar-refractivity contribution is -0.141. The van der Waals surface area contributed by atoms with Crippen molar-refractivity contribution in [3.63, 3.8) is 0 Å². The van der Waals surface area contributed by atoms with Crippen molar-refractivity contribution in [3.05, 3.63) is 77.5 Å². The van der Waals surface area contributed by atoms with E-state index in [0.29, 0.717) is 11.2 Å². The SMILES string of the molecule is O=C(Cc1cccc(C(F)(F)F)n1)c1ccc2nnc(-c3cccc(F)c3)n2n1. The van der Waals surface area contributed by atoms with Gasteiger partial charge in [0.2, 0.25) is 0 Å². The van der Waals surface area contributed by atoms with Crippen LogP contribution in [0.4, 0.5) is 17.6 Å². The van der Waals surface area contributed by atoms with E-state index in [0.717, 1.165) is 6.07 Å². The molecule has 0 N–H and O–H groups in total. The zero-order valence-electron chi connectivity index (χ0n) is 14.6. The van der Waals surface area contributed by atoms with Crippen molar-refractivity contribution in [2.24, 2.45) is 0 Å². The summed E-state index contributed by atoms with van der Waals surface area (Å²) in [6.45, 7) is 0. The first-order valence-electron chi connectivity index (χ1n) is 8.36. The van der Waals surface area contributed by atoms with Gasteiger partial charge < -0.3 is 0 Å². The summed E-state index contributed by atoms with van der Waals surface area (Å²) in [5.74, 6) is -0.772. The third-order valence-electron chi connectivity index (χ3n) is 4.07. The molecule has 0 fully saturated rings. The Morgan fingerprint density at radius 3 is 2.55 bits per heavy atom. The number of ketones is 1. The Kier molecular flexibility index (Phi) is 4.53. The number of carbonyl (C=O) groups excluding carboxylic acids is 1. The molecule has 0 aliphatic carbocycles. The van der Waals surface area contributed by atoms with Gasteiger partial charge in [-0.2, -0.15) is 22.8 Å². The summed E-state index contributed by atoms with van der Waals surface area (Å²) < 4.78 is 53.2. The Morgan fingerprint density at radius 2 is 1.79 bits per heavy atom. The molecule has 3 aromatic heterocycles. The minimum atomic E-state index is -4.60. The largest absolute Gasteiger partial charge is 0.433 e. The van der Waals surface area contributed by atoms with Crippen molar-refractivity contribution in [2.45, 2.75) is 12.6 Å². The van der Waals surface area contributed by atoms with Crippen LogP contribution in [0.3, 0.4) is 0 Å². The highest BCUT2D eigenvalue weighted by Gasteiger charge is 2.32. The lowest BCUT2D eigenvalue weighted by Gasteiger charge is -2.07. The maximum Gasteiger partial charge on any atom is 0.433 e. The highest BCUT2D eigenvalue weighted by Crippen LogP contribution is 2.27. The molecule has 0 aliphatic heterocycles. The minimum Gasteiger partial charge on any atom is -0.292 e. The quantitative estimate of drug-likeness (QED) is 0.385. The van der Waals surface area contributed by atoms with Gasteiger partial charge in [0, 0.05) is 11.3 Å². The maximum atomic E-state index is 13.5. The molecule has 3 heterocycles. The van der Waals surface area contributed by atoms with E-state index in [4.69, 9.17) is 0 Å². The number of fused-ring (bicyclic) bond motifs is 1. The molecule has 4 rings (SSSR count). The molecule has 0 aliphatic rings. The first-order valence-corrected chi connectivity index (χ1v) is 8.36. The van der Waals surface area contributed by atoms with Gasteiger partial charge >= 0.3 is 6.18 Å². The molecule has 6 nitrogen and oxygen atoms in total. The molecule has 146 valence electrons. The molecule has 0 saturated heterocycles. The second kappa shape index (κ2) is 7.04. The number of Topliss-reactive ketones (excluding diaryl/α,β-unsaturated/α-hetero) is 1. The average molecular weight is 401 g/mol. The third-order valence-corrected chi connectivity index (χ3v) is 4.07. The standard InChI is InChI=1S/C19H11F4N5O/c20-12-4-1-3-11(9-12)18-26-25-17-8-7-14(27-28(17)18)15(29)10-13-5-2-6-16(24-13)19(21,22)23/h1-9H,10H2. The van der Waals surface area contributed by atoms with Crippen molar-refractivity contribution in [2.75, 3.05) is 0 Å². The predicted molar refractivity (Wildman–Crippen MR) is 93.4 cm³/mol. The van der Waals surface area contributed by atoms with Crippen LogP contribution in [0, 0.1) is 5.82 Å². The molecule has 10 heteroatoms. The summed E-state index contributed by atoms with van der Waals surface area (Å²) in [5, 5.41) is 12.1. The van der Waals surface area contributed by atoms with Crippen LogP contribution in [0.2, 0.25) is 0 Å². The number of aromatic nitrogens is 5. The summed E-state index contributed by atoms with van der Waals surface area (Å²) in [7, 11) is 0. The number of benzene rings is 1. The number of alkyl halides is 3. The Labute approximate surface area is 160 Å². The monoisotopic (exact) mass is 401 g/mol. The first kappa shape index (κ1) is 18.7. The molecule has 1 aromatic carbocycles. The Bertz CT molecular complexity index is 1220. The van der Waals surface area contributed by atoms with Gasteiger partial charge in [-0.3, -0.25) is 4.79 Å². The third kappa shape index (κ3) is 3.82. The van der Waals surface area contributed by atoms with E-state index in [9.17, 15) is 22.4 Å². The van der Waals surface area contributed by atoms with Crippen LogP contribution >= 0.6 is 0 Å². The van der Waals surface area contributed by atoms with Crippen LogP contribution in [-0.4, -0.2) is 30.6 Å². The average Bonchev–Trinajstić information content (AvgIpc) is 3.11. The van der Waals surface area contributed by atoms with E-state index in [2.05, 4.69) is 20.3 Å².